The number of unbranched alkanes of at least 4 members (excludes halogenated alkanes) is 5. The molecule has 2 heterocycles. The van der Waals surface area contributed by atoms with Gasteiger partial charge in [0.15, 0.2) is 5.16 Å². The molecule has 26 heavy (non-hydrogen) atoms. The highest BCUT2D eigenvalue weighted by Gasteiger charge is 2.28. The molecule has 1 atom stereocenters. The lowest BCUT2D eigenvalue weighted by molar-refractivity contribution is -0.124. The van der Waals surface area contributed by atoms with Crippen molar-refractivity contribution in [3.8, 4) is 0 Å². The molecule has 0 radical (unpaired) electrons. The van der Waals surface area contributed by atoms with Gasteiger partial charge in [0.1, 0.15) is 0 Å². The van der Waals surface area contributed by atoms with Gasteiger partial charge in [0.2, 0.25) is 5.91 Å². The van der Waals surface area contributed by atoms with Crippen LogP contribution in [0, 0.1) is 5.92 Å². The fraction of sp³-hybridized carbons (Fsp3) is 0.750. The van der Waals surface area contributed by atoms with Gasteiger partial charge < -0.3 is 5.32 Å². The molecule has 1 aromatic rings. The Balaban J connectivity index is 1.86. The second kappa shape index (κ2) is 9.58. The fourth-order valence-electron chi connectivity index (χ4n) is 3.02. The molecule has 0 aromatic carbocycles. The Hall–Kier alpha value is -1.30. The van der Waals surface area contributed by atoms with Crippen molar-refractivity contribution in [1.82, 2.24) is 14.9 Å². The molecular weight excluding hydrogens is 346 g/mol. The third-order valence-electron chi connectivity index (χ3n) is 4.76. The van der Waals surface area contributed by atoms with E-state index in [2.05, 4.69) is 38.0 Å². The minimum atomic E-state index is -0.160. The number of carbonyl (C=O) groups is 1. The van der Waals surface area contributed by atoms with Gasteiger partial charge in [0, 0.05) is 30.3 Å². The predicted molar refractivity (Wildman–Crippen MR) is 108 cm³/mol. The lowest BCUT2D eigenvalue weighted by Crippen LogP contribution is -2.40. The van der Waals surface area contributed by atoms with Crippen LogP contribution in [0.2, 0.25) is 0 Å². The Morgan fingerprint density at radius 1 is 1.27 bits per heavy atom. The summed E-state index contributed by atoms with van der Waals surface area (Å²) in [6.07, 6.45) is 7.28. The van der Waals surface area contributed by atoms with Crippen LogP contribution in [-0.2, 0) is 16.8 Å². The van der Waals surface area contributed by atoms with Gasteiger partial charge in [-0.15, -0.1) is 0 Å². The Labute approximate surface area is 161 Å². The zero-order valence-electron chi connectivity index (χ0n) is 16.6. The molecule has 0 aliphatic carbocycles. The fourth-order valence-corrected chi connectivity index (χ4v) is 4.11. The summed E-state index contributed by atoms with van der Waals surface area (Å²) in [5.74, 6) is 0.582. The molecule has 0 fully saturated rings. The van der Waals surface area contributed by atoms with Crippen LogP contribution in [0.15, 0.2) is 16.0 Å². The summed E-state index contributed by atoms with van der Waals surface area (Å²) in [5.41, 5.74) is 0.605. The number of aromatic nitrogens is 2. The van der Waals surface area contributed by atoms with Crippen LogP contribution in [-0.4, -0.2) is 27.8 Å². The van der Waals surface area contributed by atoms with Crippen molar-refractivity contribution in [2.45, 2.75) is 83.3 Å². The molecule has 1 aliphatic rings. The van der Waals surface area contributed by atoms with E-state index in [0.717, 1.165) is 23.8 Å². The minimum absolute atomic E-state index is 0.0548. The number of fused-ring (bicyclic) bond motifs is 1. The maximum absolute atomic E-state index is 12.5. The number of rotatable bonds is 8. The van der Waals surface area contributed by atoms with Crippen molar-refractivity contribution in [3.63, 3.8) is 0 Å². The van der Waals surface area contributed by atoms with E-state index in [1.54, 1.807) is 10.6 Å². The summed E-state index contributed by atoms with van der Waals surface area (Å²) in [7, 11) is 0. The van der Waals surface area contributed by atoms with Gasteiger partial charge in [-0.25, -0.2) is 4.98 Å². The molecule has 5 nitrogen and oxygen atoms in total. The first kappa shape index (κ1) is 21.0. The first-order valence-corrected chi connectivity index (χ1v) is 10.8. The van der Waals surface area contributed by atoms with Crippen molar-refractivity contribution < 1.29 is 4.79 Å². The first-order valence-electron chi connectivity index (χ1n) is 9.85. The van der Waals surface area contributed by atoms with Crippen LogP contribution in [0.3, 0.4) is 0 Å². The van der Waals surface area contributed by atoms with E-state index in [-0.39, 0.29) is 22.8 Å². The van der Waals surface area contributed by atoms with Crippen LogP contribution in [0.1, 0.15) is 71.9 Å². The highest BCUT2D eigenvalue weighted by atomic mass is 32.2. The Morgan fingerprint density at radius 3 is 2.65 bits per heavy atom. The van der Waals surface area contributed by atoms with Crippen molar-refractivity contribution in [2.24, 2.45) is 5.92 Å². The zero-order chi connectivity index (χ0) is 19.2. The van der Waals surface area contributed by atoms with E-state index >= 15 is 0 Å². The molecule has 0 saturated carbocycles. The van der Waals surface area contributed by atoms with Gasteiger partial charge in [-0.05, 0) is 6.42 Å². The largest absolute Gasteiger partial charge is 0.356 e. The van der Waals surface area contributed by atoms with Crippen molar-refractivity contribution in [2.75, 3.05) is 12.3 Å². The van der Waals surface area contributed by atoms with Crippen molar-refractivity contribution >= 4 is 17.7 Å². The molecule has 6 heteroatoms. The minimum Gasteiger partial charge on any atom is -0.356 e. The van der Waals surface area contributed by atoms with Gasteiger partial charge in [-0.2, -0.15) is 0 Å². The quantitative estimate of drug-likeness (QED) is 0.552. The standard InChI is InChI=1S/C20H33N3O2S/c1-5-6-7-8-9-10-11-21-18(25)15-13-23-17(24)12-16(20(2,3)4)22-19(23)26-14-15/h12,15H,5-11,13-14H2,1-4H3,(H,21,25). The topological polar surface area (TPSA) is 64.0 Å². The molecule has 1 aromatic heterocycles. The number of hydrogen-bond donors (Lipinski definition) is 1. The second-order valence-electron chi connectivity index (χ2n) is 8.19. The molecule has 1 N–H and O–H groups in total. The smallest absolute Gasteiger partial charge is 0.254 e. The monoisotopic (exact) mass is 379 g/mol. The van der Waals surface area contributed by atoms with Crippen LogP contribution in [0.25, 0.3) is 0 Å². The van der Waals surface area contributed by atoms with Crippen LogP contribution in [0.5, 0.6) is 0 Å². The molecule has 0 saturated heterocycles. The second-order valence-corrected chi connectivity index (χ2v) is 9.18. The number of nitrogens with one attached hydrogen (secondary N) is 1. The summed E-state index contributed by atoms with van der Waals surface area (Å²) in [4.78, 5) is 29.5. The SMILES string of the molecule is CCCCCCCCNC(=O)C1CSc2nc(C(C)(C)C)cc(=O)n2C1. The van der Waals surface area contributed by atoms with Crippen molar-refractivity contribution in [3.05, 3.63) is 22.1 Å². The number of carbonyl (C=O) groups excluding carboxylic acids is 1. The molecule has 1 amide bonds. The van der Waals surface area contributed by atoms with Gasteiger partial charge in [-0.3, -0.25) is 14.2 Å². The number of thioether (sulfide) groups is 1. The Bertz CT molecular complexity index is 664. The maximum Gasteiger partial charge on any atom is 0.254 e. The highest BCUT2D eigenvalue weighted by molar-refractivity contribution is 7.99. The lowest BCUT2D eigenvalue weighted by Gasteiger charge is -2.26. The van der Waals surface area contributed by atoms with Gasteiger partial charge in [0.25, 0.3) is 5.56 Å². The summed E-state index contributed by atoms with van der Waals surface area (Å²) >= 11 is 1.51. The zero-order valence-corrected chi connectivity index (χ0v) is 17.5. The van der Waals surface area contributed by atoms with Crippen LogP contribution in [0.4, 0.5) is 0 Å². The number of hydrogen-bond acceptors (Lipinski definition) is 4. The highest BCUT2D eigenvalue weighted by Crippen LogP contribution is 2.27. The van der Waals surface area contributed by atoms with Gasteiger partial charge in [0.05, 0.1) is 11.6 Å². The average molecular weight is 380 g/mol. The van der Waals surface area contributed by atoms with E-state index in [9.17, 15) is 9.59 Å². The predicted octanol–water partition coefficient (Wildman–Crippen LogP) is 3.74. The molecule has 146 valence electrons. The molecule has 0 spiro atoms. The van der Waals surface area contributed by atoms with Gasteiger partial charge in [-0.1, -0.05) is 71.6 Å². The van der Waals surface area contributed by atoms with Crippen molar-refractivity contribution in [1.29, 1.82) is 0 Å². The summed E-state index contributed by atoms with van der Waals surface area (Å²) in [5, 5.41) is 3.78. The van der Waals surface area contributed by atoms with Gasteiger partial charge >= 0.3 is 0 Å². The maximum atomic E-state index is 12.5. The van der Waals surface area contributed by atoms with Crippen LogP contribution < -0.4 is 10.9 Å². The lowest BCUT2D eigenvalue weighted by atomic mass is 9.92. The third kappa shape index (κ3) is 5.86. The van der Waals surface area contributed by atoms with Crippen LogP contribution >= 0.6 is 11.8 Å². The summed E-state index contributed by atoms with van der Waals surface area (Å²) in [6, 6.07) is 1.61. The molecular formula is C20H33N3O2S. The van der Waals surface area contributed by atoms with E-state index in [4.69, 9.17) is 0 Å². The third-order valence-corrected chi connectivity index (χ3v) is 5.90. The van der Waals surface area contributed by atoms with E-state index < -0.39 is 0 Å². The first-order chi connectivity index (χ1) is 12.3. The van der Waals surface area contributed by atoms with E-state index in [0.29, 0.717) is 12.3 Å². The Morgan fingerprint density at radius 2 is 1.96 bits per heavy atom. The average Bonchev–Trinajstić information content (AvgIpc) is 2.59. The van der Waals surface area contributed by atoms with E-state index in [1.807, 2.05) is 0 Å². The molecule has 0 bridgehead atoms. The Kier molecular flexibility index (Phi) is 7.74. The van der Waals surface area contributed by atoms with E-state index in [1.165, 1.54) is 43.9 Å². The number of amides is 1. The summed E-state index contributed by atoms with van der Waals surface area (Å²) in [6.45, 7) is 9.54. The normalized spacial score (nSPS) is 17.0. The summed E-state index contributed by atoms with van der Waals surface area (Å²) < 4.78 is 1.65. The molecule has 2 rings (SSSR count). The molecule has 1 aliphatic heterocycles. The number of nitrogens with zero attached hydrogens (tertiary/aromatic N) is 2. The molecule has 1 unspecified atom stereocenters.